The second kappa shape index (κ2) is 10.1. The molecule has 1 aliphatic heterocycles. The van der Waals surface area contributed by atoms with E-state index in [0.29, 0.717) is 13.0 Å². The number of rotatable bonds is 9. The molecule has 4 rings (SSSR count). The van der Waals surface area contributed by atoms with E-state index in [4.69, 9.17) is 4.74 Å². The molecule has 1 aromatic heterocycles. The number of aromatic amines is 1. The number of tetrazole rings is 1. The fourth-order valence-electron chi connectivity index (χ4n) is 4.30. The lowest BCUT2D eigenvalue weighted by Crippen LogP contribution is -2.49. The summed E-state index contributed by atoms with van der Waals surface area (Å²) in [5.74, 6) is 0.437. The van der Waals surface area contributed by atoms with Gasteiger partial charge in [0.15, 0.2) is 0 Å². The first kappa shape index (κ1) is 23.5. The van der Waals surface area contributed by atoms with Crippen molar-refractivity contribution in [1.29, 1.82) is 0 Å². The van der Waals surface area contributed by atoms with Crippen molar-refractivity contribution < 1.29 is 9.53 Å². The number of carbonyl (C=O) groups excluding carboxylic acids is 1. The number of aryl methyl sites for hydroxylation is 1. The van der Waals surface area contributed by atoms with Crippen molar-refractivity contribution in [3.63, 3.8) is 0 Å². The molecule has 2 heterocycles. The summed E-state index contributed by atoms with van der Waals surface area (Å²) in [6, 6.07) is 15.8. The maximum absolute atomic E-state index is 13.3. The van der Waals surface area contributed by atoms with Crippen molar-refractivity contribution in [2.45, 2.75) is 58.4 Å². The summed E-state index contributed by atoms with van der Waals surface area (Å²) in [7, 11) is 0. The number of amides is 1. The molecule has 2 N–H and O–H groups in total. The Kier molecular flexibility index (Phi) is 6.95. The molecule has 0 bridgehead atoms. The van der Waals surface area contributed by atoms with Gasteiger partial charge in [-0.1, -0.05) is 68.1 Å². The van der Waals surface area contributed by atoms with Gasteiger partial charge in [-0.15, -0.1) is 0 Å². The fourth-order valence-corrected chi connectivity index (χ4v) is 4.30. The van der Waals surface area contributed by atoms with Crippen molar-refractivity contribution in [2.24, 2.45) is 0 Å². The van der Waals surface area contributed by atoms with Gasteiger partial charge in [0.2, 0.25) is 0 Å². The molecule has 8 heteroatoms. The van der Waals surface area contributed by atoms with Crippen LogP contribution in [0.25, 0.3) is 11.3 Å². The summed E-state index contributed by atoms with van der Waals surface area (Å²) in [4.78, 5) is 25.6. The van der Waals surface area contributed by atoms with Crippen molar-refractivity contribution in [1.82, 2.24) is 25.5 Å². The van der Waals surface area contributed by atoms with Crippen LogP contribution in [0.2, 0.25) is 0 Å². The van der Waals surface area contributed by atoms with E-state index in [1.165, 1.54) is 19.3 Å². The number of aromatic nitrogens is 4. The van der Waals surface area contributed by atoms with Crippen molar-refractivity contribution in [3.05, 3.63) is 75.7 Å². The highest BCUT2D eigenvalue weighted by Crippen LogP contribution is 2.39. The Morgan fingerprint density at radius 2 is 1.76 bits per heavy atom. The molecule has 0 radical (unpaired) electrons. The zero-order valence-corrected chi connectivity index (χ0v) is 19.9. The molecule has 0 fully saturated rings. The van der Waals surface area contributed by atoms with E-state index in [1.54, 1.807) is 0 Å². The summed E-state index contributed by atoms with van der Waals surface area (Å²) in [6.45, 7) is 6.88. The topological polar surface area (TPSA) is 102 Å². The third kappa shape index (κ3) is 4.95. The van der Waals surface area contributed by atoms with Gasteiger partial charge in [-0.2, -0.15) is 4.68 Å². The van der Waals surface area contributed by atoms with Crippen molar-refractivity contribution in [3.8, 4) is 5.75 Å². The van der Waals surface area contributed by atoms with Crippen LogP contribution in [0.4, 0.5) is 0 Å². The van der Waals surface area contributed by atoms with Crippen LogP contribution < -0.4 is 15.7 Å². The number of nitrogens with zero attached hydrogens (tertiary/aromatic N) is 3. The average Bonchev–Trinajstić information content (AvgIpc) is 3.24. The Labute approximate surface area is 199 Å². The standard InChI is InChI=1S/C26H31N5O3/c1-4-5-6-7-16-34-21-14-12-20(13-15-21)26(3)17-22(19-10-8-18(2)9-11-19)23(24(32)27-26)31-25(33)28-29-30-31/h8-15H,4-7,16-17H2,1-3H3,(H,27,32)(H,28,30,33)/t26-/m0/s1. The van der Waals surface area contributed by atoms with Crippen LogP contribution in [-0.4, -0.2) is 32.7 Å². The molecule has 1 amide bonds. The van der Waals surface area contributed by atoms with E-state index in [0.717, 1.165) is 39.1 Å². The van der Waals surface area contributed by atoms with Gasteiger partial charge in [-0.25, -0.2) is 9.89 Å². The smallest absolute Gasteiger partial charge is 0.366 e. The second-order valence-corrected chi connectivity index (χ2v) is 9.01. The Morgan fingerprint density at radius 1 is 1.03 bits per heavy atom. The number of carbonyl (C=O) groups is 1. The second-order valence-electron chi connectivity index (χ2n) is 9.01. The van der Waals surface area contributed by atoms with Crippen LogP contribution in [0.1, 0.15) is 62.6 Å². The minimum atomic E-state index is -0.673. The molecule has 1 atom stereocenters. The third-order valence-electron chi connectivity index (χ3n) is 6.26. The Hall–Kier alpha value is -3.68. The van der Waals surface area contributed by atoms with Gasteiger partial charge < -0.3 is 10.1 Å². The molecule has 1 aliphatic rings. The lowest BCUT2D eigenvalue weighted by atomic mass is 9.79. The maximum atomic E-state index is 13.3. The van der Waals surface area contributed by atoms with E-state index in [-0.39, 0.29) is 11.6 Å². The van der Waals surface area contributed by atoms with Crippen molar-refractivity contribution >= 4 is 17.2 Å². The number of hydrogen-bond donors (Lipinski definition) is 2. The minimum Gasteiger partial charge on any atom is -0.494 e. The zero-order chi connectivity index (χ0) is 24.1. The van der Waals surface area contributed by atoms with Gasteiger partial charge in [-0.3, -0.25) is 4.79 Å². The fraction of sp³-hybridized carbons (Fsp3) is 0.385. The van der Waals surface area contributed by atoms with Gasteiger partial charge in [0.25, 0.3) is 5.91 Å². The first-order chi connectivity index (χ1) is 16.4. The number of H-pyrrole nitrogens is 1. The Morgan fingerprint density at radius 3 is 2.41 bits per heavy atom. The van der Waals surface area contributed by atoms with Gasteiger partial charge in [-0.05, 0) is 59.5 Å². The van der Waals surface area contributed by atoms with E-state index < -0.39 is 11.2 Å². The Bertz CT molecular complexity index is 1220. The average molecular weight is 462 g/mol. The highest BCUT2D eigenvalue weighted by molar-refractivity contribution is 6.22. The van der Waals surface area contributed by atoms with E-state index in [1.807, 2.05) is 62.4 Å². The first-order valence-electron chi connectivity index (χ1n) is 11.8. The molecule has 0 saturated heterocycles. The Balaban J connectivity index is 1.64. The number of benzene rings is 2. The summed E-state index contributed by atoms with van der Waals surface area (Å²) in [5.41, 5.74) is 2.62. The van der Waals surface area contributed by atoms with Gasteiger partial charge in [0, 0.05) is 6.42 Å². The zero-order valence-electron chi connectivity index (χ0n) is 19.9. The van der Waals surface area contributed by atoms with Crippen LogP contribution in [-0.2, 0) is 10.3 Å². The van der Waals surface area contributed by atoms with E-state index in [9.17, 15) is 9.59 Å². The quantitative estimate of drug-likeness (QED) is 0.468. The lowest BCUT2D eigenvalue weighted by Gasteiger charge is -2.37. The molecule has 8 nitrogen and oxygen atoms in total. The van der Waals surface area contributed by atoms with Crippen LogP contribution in [0.15, 0.2) is 53.3 Å². The summed E-state index contributed by atoms with van der Waals surface area (Å²) < 4.78 is 6.90. The van der Waals surface area contributed by atoms with Crippen LogP contribution >= 0.6 is 0 Å². The van der Waals surface area contributed by atoms with Crippen LogP contribution in [0.3, 0.4) is 0 Å². The molecule has 0 aliphatic carbocycles. The third-order valence-corrected chi connectivity index (χ3v) is 6.26. The first-order valence-corrected chi connectivity index (χ1v) is 11.8. The van der Waals surface area contributed by atoms with E-state index >= 15 is 0 Å². The van der Waals surface area contributed by atoms with Crippen LogP contribution in [0, 0.1) is 6.92 Å². The highest BCUT2D eigenvalue weighted by atomic mass is 16.5. The molecule has 3 aromatic rings. The maximum Gasteiger partial charge on any atom is 0.366 e. The largest absolute Gasteiger partial charge is 0.494 e. The monoisotopic (exact) mass is 461 g/mol. The SMILES string of the molecule is CCCCCCOc1ccc([C@]2(C)CC(c3ccc(C)cc3)=C(n3nn[nH]c3=O)C(=O)N2)cc1. The summed E-state index contributed by atoms with van der Waals surface area (Å²) in [5, 5.41) is 12.8. The molecular weight excluding hydrogens is 430 g/mol. The molecule has 0 saturated carbocycles. The summed E-state index contributed by atoms with van der Waals surface area (Å²) in [6.07, 6.45) is 5.11. The van der Waals surface area contributed by atoms with Crippen LogP contribution in [0.5, 0.6) is 5.75 Å². The number of unbranched alkanes of at least 4 members (excludes halogenated alkanes) is 3. The number of nitrogens with one attached hydrogen (secondary N) is 2. The van der Waals surface area contributed by atoms with Crippen molar-refractivity contribution in [2.75, 3.05) is 6.61 Å². The molecular formula is C26H31N5O3. The number of hydrogen-bond acceptors (Lipinski definition) is 5. The number of ether oxygens (including phenoxy) is 1. The van der Waals surface area contributed by atoms with Gasteiger partial charge >= 0.3 is 5.69 Å². The molecule has 0 unspecified atom stereocenters. The molecule has 178 valence electrons. The predicted molar refractivity (Wildman–Crippen MR) is 131 cm³/mol. The normalized spacial score (nSPS) is 18.1. The summed E-state index contributed by atoms with van der Waals surface area (Å²) >= 11 is 0. The van der Waals surface area contributed by atoms with E-state index in [2.05, 4.69) is 27.8 Å². The lowest BCUT2D eigenvalue weighted by molar-refractivity contribution is -0.118. The highest BCUT2D eigenvalue weighted by Gasteiger charge is 2.39. The molecule has 0 spiro atoms. The predicted octanol–water partition coefficient (Wildman–Crippen LogP) is 4.04. The van der Waals surface area contributed by atoms with Gasteiger partial charge in [0.1, 0.15) is 11.4 Å². The molecule has 34 heavy (non-hydrogen) atoms. The molecule has 2 aromatic carbocycles. The minimum absolute atomic E-state index is 0.187. The van der Waals surface area contributed by atoms with Gasteiger partial charge in [0.05, 0.1) is 12.1 Å².